The molecular weight excluding hydrogens is 412 g/mol. The molecule has 2 aromatic carbocycles. The summed E-state index contributed by atoms with van der Waals surface area (Å²) in [7, 11) is 0. The Morgan fingerprint density at radius 2 is 1.56 bits per heavy atom. The predicted molar refractivity (Wildman–Crippen MR) is 97.9 cm³/mol. The number of thiocarbonyl (C=S) groups is 1. The first kappa shape index (κ1) is 18.5. The summed E-state index contributed by atoms with van der Waals surface area (Å²) in [5, 5.41) is 13.0. The van der Waals surface area contributed by atoms with Crippen LogP contribution in [0.5, 0.6) is 0 Å². The van der Waals surface area contributed by atoms with Crippen LogP contribution in [0.25, 0.3) is 0 Å². The Labute approximate surface area is 155 Å². The van der Waals surface area contributed by atoms with Crippen molar-refractivity contribution in [3.05, 3.63) is 74.2 Å². The topological polar surface area (TPSA) is 113 Å². The number of hydrogen-bond acceptors (Lipinski definition) is 5. The van der Waals surface area contributed by atoms with Crippen molar-refractivity contribution in [3.8, 4) is 0 Å². The Bertz CT molecular complexity index is 859. The maximum Gasteiger partial charge on any atom is 0.282 e. The number of carbonyl (C=O) groups excluding carboxylic acids is 2. The van der Waals surface area contributed by atoms with Gasteiger partial charge in [-0.1, -0.05) is 24.3 Å². The van der Waals surface area contributed by atoms with E-state index in [9.17, 15) is 19.7 Å². The van der Waals surface area contributed by atoms with Crippen molar-refractivity contribution in [2.24, 2.45) is 0 Å². The number of nitrogens with one attached hydrogen (secondary N) is 3. The van der Waals surface area contributed by atoms with E-state index in [-0.39, 0.29) is 16.4 Å². The first-order valence-electron chi connectivity index (χ1n) is 6.79. The smallest absolute Gasteiger partial charge is 0.282 e. The van der Waals surface area contributed by atoms with Gasteiger partial charge in [0.15, 0.2) is 5.11 Å². The third-order valence-electron chi connectivity index (χ3n) is 2.98. The molecule has 0 radical (unpaired) electrons. The van der Waals surface area contributed by atoms with E-state index in [1.165, 1.54) is 24.3 Å². The molecule has 0 aliphatic carbocycles. The van der Waals surface area contributed by atoms with Gasteiger partial charge in [0.05, 0.1) is 10.5 Å². The van der Waals surface area contributed by atoms with Gasteiger partial charge in [-0.25, -0.2) is 0 Å². The van der Waals surface area contributed by atoms with Crippen LogP contribution in [-0.2, 0) is 0 Å². The van der Waals surface area contributed by atoms with Crippen molar-refractivity contribution in [2.45, 2.75) is 0 Å². The predicted octanol–water partition coefficient (Wildman–Crippen LogP) is 2.31. The molecule has 2 amide bonds. The lowest BCUT2D eigenvalue weighted by molar-refractivity contribution is -0.385. The summed E-state index contributed by atoms with van der Waals surface area (Å²) >= 11 is 8.14. The second-order valence-corrected chi connectivity index (χ2v) is 5.88. The second-order valence-electron chi connectivity index (χ2n) is 4.62. The molecule has 0 atom stereocenters. The van der Waals surface area contributed by atoms with Gasteiger partial charge < -0.3 is 0 Å². The van der Waals surface area contributed by atoms with Crippen molar-refractivity contribution in [2.75, 3.05) is 0 Å². The highest BCUT2D eigenvalue weighted by Gasteiger charge is 2.20. The van der Waals surface area contributed by atoms with Gasteiger partial charge >= 0.3 is 0 Å². The Balaban J connectivity index is 1.97. The Morgan fingerprint density at radius 1 is 0.960 bits per heavy atom. The van der Waals surface area contributed by atoms with E-state index in [1.807, 2.05) is 0 Å². The number of carbonyl (C=O) groups is 2. The summed E-state index contributed by atoms with van der Waals surface area (Å²) in [5.74, 6) is -1.24. The SMILES string of the molecule is O=C(NNC(=S)NC(=O)c1ccccc1[N+](=O)[O-])c1ccccc1Br. The van der Waals surface area contributed by atoms with Crippen LogP contribution in [0.3, 0.4) is 0 Å². The van der Waals surface area contributed by atoms with E-state index >= 15 is 0 Å². The molecule has 128 valence electrons. The number of nitro groups is 1. The highest BCUT2D eigenvalue weighted by atomic mass is 79.9. The first-order valence-corrected chi connectivity index (χ1v) is 8.00. The average Bonchev–Trinajstić information content (AvgIpc) is 2.60. The maximum atomic E-state index is 12.1. The molecule has 0 spiro atoms. The van der Waals surface area contributed by atoms with E-state index in [1.54, 1.807) is 24.3 Å². The maximum absolute atomic E-state index is 12.1. The van der Waals surface area contributed by atoms with Crippen molar-refractivity contribution in [1.29, 1.82) is 0 Å². The first-order chi connectivity index (χ1) is 11.9. The summed E-state index contributed by atoms with van der Waals surface area (Å²) in [6.45, 7) is 0. The zero-order chi connectivity index (χ0) is 18.4. The molecule has 3 N–H and O–H groups in total. The molecule has 0 saturated heterocycles. The van der Waals surface area contributed by atoms with Crippen LogP contribution in [0.15, 0.2) is 53.0 Å². The van der Waals surface area contributed by atoms with Crippen LogP contribution in [-0.4, -0.2) is 21.9 Å². The molecule has 0 saturated carbocycles. The van der Waals surface area contributed by atoms with Gasteiger partial charge in [-0.2, -0.15) is 0 Å². The standard InChI is InChI=1S/C15H11BrN4O4S/c16-11-7-3-1-5-9(11)14(22)18-19-15(25)17-13(21)10-6-2-4-8-12(10)20(23)24/h1-8H,(H,18,22)(H2,17,19,21,25). The lowest BCUT2D eigenvalue weighted by Gasteiger charge is -2.11. The van der Waals surface area contributed by atoms with E-state index in [2.05, 4.69) is 32.1 Å². The number of rotatable bonds is 3. The molecule has 10 heteroatoms. The molecule has 0 aromatic heterocycles. The zero-order valence-corrected chi connectivity index (χ0v) is 14.9. The minimum atomic E-state index is -0.764. The van der Waals surface area contributed by atoms with E-state index in [4.69, 9.17) is 12.2 Å². The molecule has 0 unspecified atom stereocenters. The number of nitrogens with zero attached hydrogens (tertiary/aromatic N) is 1. The van der Waals surface area contributed by atoms with Crippen LogP contribution in [0.1, 0.15) is 20.7 Å². The summed E-state index contributed by atoms with van der Waals surface area (Å²) in [5.41, 5.74) is 4.56. The zero-order valence-electron chi connectivity index (χ0n) is 12.5. The number of hydrogen-bond donors (Lipinski definition) is 3. The molecule has 2 rings (SSSR count). The summed E-state index contributed by atoms with van der Waals surface area (Å²) < 4.78 is 0.587. The number of para-hydroxylation sites is 1. The van der Waals surface area contributed by atoms with Crippen LogP contribution in [0.2, 0.25) is 0 Å². The van der Waals surface area contributed by atoms with Crippen LogP contribution in [0.4, 0.5) is 5.69 Å². The van der Waals surface area contributed by atoms with Crippen molar-refractivity contribution >= 4 is 50.8 Å². The van der Waals surface area contributed by atoms with Crippen LogP contribution in [0, 0.1) is 10.1 Å². The number of hydrazine groups is 1. The summed E-state index contributed by atoms with van der Waals surface area (Å²) in [4.78, 5) is 34.4. The monoisotopic (exact) mass is 422 g/mol. The van der Waals surface area contributed by atoms with Gasteiger partial charge in [-0.3, -0.25) is 35.9 Å². The average molecular weight is 423 g/mol. The molecular formula is C15H11BrN4O4S. The lowest BCUT2D eigenvalue weighted by atomic mass is 10.1. The van der Waals surface area contributed by atoms with Gasteiger partial charge in [-0.05, 0) is 46.3 Å². The lowest BCUT2D eigenvalue weighted by Crippen LogP contribution is -2.48. The molecule has 0 bridgehead atoms. The summed E-state index contributed by atoms with van der Waals surface area (Å²) in [6.07, 6.45) is 0. The van der Waals surface area contributed by atoms with Crippen LogP contribution >= 0.6 is 28.1 Å². The highest BCUT2D eigenvalue weighted by molar-refractivity contribution is 9.10. The minimum absolute atomic E-state index is 0.145. The largest absolute Gasteiger partial charge is 0.297 e. The third kappa shape index (κ3) is 4.81. The molecule has 2 aromatic rings. The molecule has 25 heavy (non-hydrogen) atoms. The molecule has 0 aliphatic rings. The fourth-order valence-electron chi connectivity index (χ4n) is 1.85. The van der Waals surface area contributed by atoms with Crippen molar-refractivity contribution < 1.29 is 14.5 Å². The van der Waals surface area contributed by atoms with Gasteiger partial charge in [-0.15, -0.1) is 0 Å². The van der Waals surface area contributed by atoms with E-state index < -0.39 is 16.7 Å². The molecule has 0 fully saturated rings. The fraction of sp³-hybridized carbons (Fsp3) is 0. The molecule has 0 aliphatic heterocycles. The van der Waals surface area contributed by atoms with Gasteiger partial charge in [0, 0.05) is 10.5 Å². The summed E-state index contributed by atoms with van der Waals surface area (Å²) in [6, 6.07) is 12.2. The van der Waals surface area contributed by atoms with Gasteiger partial charge in [0.25, 0.3) is 17.5 Å². The Kier molecular flexibility index (Phi) is 6.14. The number of amides is 2. The Morgan fingerprint density at radius 3 is 2.20 bits per heavy atom. The highest BCUT2D eigenvalue weighted by Crippen LogP contribution is 2.17. The fourth-order valence-corrected chi connectivity index (χ4v) is 2.46. The number of nitro benzene ring substituents is 1. The van der Waals surface area contributed by atoms with Crippen LogP contribution < -0.4 is 16.2 Å². The van der Waals surface area contributed by atoms with Gasteiger partial charge in [0.2, 0.25) is 0 Å². The van der Waals surface area contributed by atoms with Crippen molar-refractivity contribution in [1.82, 2.24) is 16.2 Å². The van der Waals surface area contributed by atoms with Gasteiger partial charge in [0.1, 0.15) is 5.56 Å². The molecule has 8 nitrogen and oxygen atoms in total. The second kappa shape index (κ2) is 8.31. The van der Waals surface area contributed by atoms with Crippen molar-refractivity contribution in [3.63, 3.8) is 0 Å². The Hall–Kier alpha value is -2.85. The minimum Gasteiger partial charge on any atom is -0.297 e. The molecule has 0 heterocycles. The normalized spacial score (nSPS) is 9.80. The van der Waals surface area contributed by atoms with E-state index in [0.717, 1.165) is 0 Å². The number of benzene rings is 2. The number of halogens is 1. The third-order valence-corrected chi connectivity index (χ3v) is 3.88. The van der Waals surface area contributed by atoms with E-state index in [0.29, 0.717) is 10.0 Å². The quantitative estimate of drug-likeness (QED) is 0.397.